The van der Waals surface area contributed by atoms with Crippen LogP contribution < -0.4 is 0 Å². The van der Waals surface area contributed by atoms with Crippen molar-refractivity contribution in [3.8, 4) is 54.9 Å². The van der Waals surface area contributed by atoms with Crippen LogP contribution in [0, 0.1) is 0 Å². The number of aromatic amines is 2. The summed E-state index contributed by atoms with van der Waals surface area (Å²) in [6.45, 7) is 0. The number of aromatic nitrogens is 2. The molecular weight excluding hydrogens is 557 g/mol. The number of thiophene rings is 2. The fraction of sp³-hybridized carbons (Fsp3) is 0. The van der Waals surface area contributed by atoms with Crippen LogP contribution in [-0.4, -0.2) is 9.97 Å². The minimum absolute atomic E-state index is 0.796. The van der Waals surface area contributed by atoms with Crippen LogP contribution in [0.3, 0.4) is 0 Å². The van der Waals surface area contributed by atoms with Crippen LogP contribution in [0.5, 0.6) is 0 Å². The summed E-state index contributed by atoms with van der Waals surface area (Å²) < 4.78 is 13.9. The molecule has 0 atom stereocenters. The molecule has 0 saturated heterocycles. The van der Waals surface area contributed by atoms with Crippen molar-refractivity contribution in [3.63, 3.8) is 0 Å². The van der Waals surface area contributed by atoms with E-state index < -0.39 is 0 Å². The first-order valence-corrected chi connectivity index (χ1v) is 15.4. The number of furan rings is 2. The highest BCUT2D eigenvalue weighted by Gasteiger charge is 2.28. The summed E-state index contributed by atoms with van der Waals surface area (Å²) in [7, 11) is 0. The van der Waals surface area contributed by atoms with Gasteiger partial charge in [-0.25, -0.2) is 0 Å². The van der Waals surface area contributed by atoms with Gasteiger partial charge in [0.25, 0.3) is 0 Å². The Kier molecular flexibility index (Phi) is 5.20. The van der Waals surface area contributed by atoms with Gasteiger partial charge in [0.2, 0.25) is 0 Å². The molecule has 0 aliphatic carbocycles. The zero-order valence-corrected chi connectivity index (χ0v) is 23.8. The number of benzene rings is 3. The van der Waals surface area contributed by atoms with E-state index in [0.29, 0.717) is 0 Å². The highest BCUT2D eigenvalue weighted by Crippen LogP contribution is 2.52. The van der Waals surface area contributed by atoms with Crippen LogP contribution >= 0.6 is 22.7 Å². The molecule has 0 unspecified atom stereocenters. The van der Waals surface area contributed by atoms with Crippen molar-refractivity contribution in [1.29, 1.82) is 0 Å². The summed E-state index contributed by atoms with van der Waals surface area (Å²) in [5, 5.41) is 5.62. The molecule has 0 fully saturated rings. The van der Waals surface area contributed by atoms with E-state index in [4.69, 9.17) is 8.83 Å². The van der Waals surface area contributed by atoms with Gasteiger partial charge in [-0.05, 0) is 71.4 Å². The molecule has 2 N–H and O–H groups in total. The van der Waals surface area contributed by atoms with Crippen molar-refractivity contribution in [2.75, 3.05) is 0 Å². The van der Waals surface area contributed by atoms with Crippen LogP contribution in [0.1, 0.15) is 0 Å². The van der Waals surface area contributed by atoms with Gasteiger partial charge < -0.3 is 18.8 Å². The molecule has 4 nitrogen and oxygen atoms in total. The van der Waals surface area contributed by atoms with Crippen molar-refractivity contribution in [1.82, 2.24) is 9.97 Å². The summed E-state index contributed by atoms with van der Waals surface area (Å²) in [5.41, 5.74) is 8.33. The zero-order valence-electron chi connectivity index (χ0n) is 22.2. The smallest absolute Gasteiger partial charge is 0.136 e. The Bertz CT molecular complexity index is 2280. The molecule has 9 aromatic rings. The second-order valence-electron chi connectivity index (χ2n) is 10.3. The maximum Gasteiger partial charge on any atom is 0.136 e. The topological polar surface area (TPSA) is 57.9 Å². The molecule has 0 aliphatic heterocycles. The minimum Gasteiger partial charge on any atom is -0.464 e. The fourth-order valence-electron chi connectivity index (χ4n) is 6.06. The van der Waals surface area contributed by atoms with Crippen molar-refractivity contribution in [2.45, 2.75) is 0 Å². The molecule has 0 amide bonds. The van der Waals surface area contributed by atoms with Crippen LogP contribution in [0.2, 0.25) is 0 Å². The molecule has 0 bridgehead atoms. The van der Waals surface area contributed by atoms with Gasteiger partial charge in [-0.3, -0.25) is 0 Å². The molecule has 200 valence electrons. The number of hydrogen-bond acceptors (Lipinski definition) is 4. The van der Waals surface area contributed by atoms with Crippen molar-refractivity contribution < 1.29 is 8.83 Å². The number of para-hydroxylation sites is 1. The van der Waals surface area contributed by atoms with Crippen molar-refractivity contribution >= 4 is 54.6 Å². The van der Waals surface area contributed by atoms with Gasteiger partial charge in [-0.1, -0.05) is 42.5 Å². The lowest BCUT2D eigenvalue weighted by atomic mass is 9.90. The first-order valence-electron chi connectivity index (χ1n) is 13.7. The standard InChI is InChI=1S/C36H22N2O2S2/c1-3-11-26-21(8-1)18-28(40-26)32-23(27-12-6-16-39-27)20-25-33(34(32)30-14-7-17-41-30)35(36(38-25)24-10-5-15-37-24)31-19-22-9-2-4-13-29(22)42-31/h1-20,37-38H. The predicted molar refractivity (Wildman–Crippen MR) is 175 cm³/mol. The average Bonchev–Trinajstić information content (AvgIpc) is 3.87. The van der Waals surface area contributed by atoms with Crippen LogP contribution in [-0.2, 0) is 0 Å². The Morgan fingerprint density at radius 3 is 2.36 bits per heavy atom. The van der Waals surface area contributed by atoms with Gasteiger partial charge in [-0.2, -0.15) is 0 Å². The third-order valence-corrected chi connectivity index (χ3v) is 9.87. The maximum atomic E-state index is 6.60. The Hall–Kier alpha value is -5.04. The maximum absolute atomic E-state index is 6.60. The van der Waals surface area contributed by atoms with Gasteiger partial charge >= 0.3 is 0 Å². The highest BCUT2D eigenvalue weighted by molar-refractivity contribution is 7.22. The summed E-state index contributed by atoms with van der Waals surface area (Å²) in [4.78, 5) is 9.67. The van der Waals surface area contributed by atoms with E-state index >= 15 is 0 Å². The normalized spacial score (nSPS) is 11.8. The average molecular weight is 579 g/mol. The zero-order chi connectivity index (χ0) is 27.6. The molecule has 9 rings (SSSR count). The quantitative estimate of drug-likeness (QED) is 0.213. The Balaban J connectivity index is 1.48. The number of H-pyrrole nitrogens is 2. The third-order valence-electron chi connectivity index (χ3n) is 7.85. The fourth-order valence-corrected chi connectivity index (χ4v) is 7.96. The number of nitrogens with one attached hydrogen (secondary N) is 2. The van der Waals surface area contributed by atoms with E-state index in [-0.39, 0.29) is 0 Å². The largest absolute Gasteiger partial charge is 0.464 e. The molecular formula is C36H22N2O2S2. The highest BCUT2D eigenvalue weighted by atomic mass is 32.1. The lowest BCUT2D eigenvalue weighted by molar-refractivity contribution is 0.581. The summed E-state index contributed by atoms with van der Waals surface area (Å²) >= 11 is 3.56. The van der Waals surface area contributed by atoms with Crippen molar-refractivity contribution in [2.24, 2.45) is 0 Å². The van der Waals surface area contributed by atoms with E-state index in [9.17, 15) is 0 Å². The predicted octanol–water partition coefficient (Wildman–Crippen LogP) is 11.4. The SMILES string of the molecule is c1c[nH]c(-c2[nH]c3cc(-c4ccco4)c(-c4cc5ccccc5o4)c(-c4cccs4)c3c2-c2cc3ccccc3s2)c1. The van der Waals surface area contributed by atoms with Gasteiger partial charge in [0.15, 0.2) is 0 Å². The number of fused-ring (bicyclic) bond motifs is 3. The molecule has 3 aromatic carbocycles. The Morgan fingerprint density at radius 2 is 1.57 bits per heavy atom. The van der Waals surface area contributed by atoms with Crippen LogP contribution in [0.4, 0.5) is 0 Å². The van der Waals surface area contributed by atoms with Gasteiger partial charge in [-0.15, -0.1) is 22.7 Å². The van der Waals surface area contributed by atoms with E-state index in [0.717, 1.165) is 56.1 Å². The first kappa shape index (κ1) is 23.6. The number of rotatable bonds is 5. The van der Waals surface area contributed by atoms with Gasteiger partial charge in [0.05, 0.1) is 17.7 Å². The second kappa shape index (κ2) is 9.24. The molecule has 0 spiro atoms. The van der Waals surface area contributed by atoms with E-state index in [1.807, 2.05) is 53.9 Å². The van der Waals surface area contributed by atoms with Gasteiger partial charge in [0.1, 0.15) is 17.1 Å². The van der Waals surface area contributed by atoms with Crippen molar-refractivity contribution in [3.05, 3.63) is 121 Å². The van der Waals surface area contributed by atoms with E-state index in [1.54, 1.807) is 17.6 Å². The Labute approximate surface area is 248 Å². The molecule has 6 heterocycles. The minimum atomic E-state index is 0.796. The van der Waals surface area contributed by atoms with Crippen LogP contribution in [0.25, 0.3) is 86.9 Å². The third kappa shape index (κ3) is 3.59. The molecule has 6 aromatic heterocycles. The van der Waals surface area contributed by atoms with Gasteiger partial charge in [0, 0.05) is 59.2 Å². The molecule has 0 saturated carbocycles. The van der Waals surface area contributed by atoms with Crippen LogP contribution in [0.15, 0.2) is 130 Å². The molecule has 0 radical (unpaired) electrons. The number of hydrogen-bond donors (Lipinski definition) is 2. The summed E-state index contributed by atoms with van der Waals surface area (Å²) in [5.74, 6) is 1.61. The second-order valence-corrected chi connectivity index (χ2v) is 12.3. The summed E-state index contributed by atoms with van der Waals surface area (Å²) in [6.07, 6.45) is 3.71. The monoisotopic (exact) mass is 578 g/mol. The molecule has 0 aliphatic rings. The molecule has 42 heavy (non-hydrogen) atoms. The van der Waals surface area contributed by atoms with E-state index in [2.05, 4.69) is 82.1 Å². The van der Waals surface area contributed by atoms with E-state index in [1.165, 1.54) is 30.8 Å². The molecule has 6 heteroatoms. The first-order chi connectivity index (χ1) is 20.8. The lowest BCUT2D eigenvalue weighted by Gasteiger charge is -2.14. The lowest BCUT2D eigenvalue weighted by Crippen LogP contribution is -1.90. The summed E-state index contributed by atoms with van der Waals surface area (Å²) in [6, 6.07) is 35.9. The Morgan fingerprint density at radius 1 is 0.667 bits per heavy atom.